The van der Waals surface area contributed by atoms with Gasteiger partial charge in [0.2, 0.25) is 0 Å². The predicted molar refractivity (Wildman–Crippen MR) is 146 cm³/mol. The van der Waals surface area contributed by atoms with Crippen LogP contribution < -0.4 is 5.32 Å². The lowest BCUT2D eigenvalue weighted by atomic mass is 9.90. The number of rotatable bonds is 28. The first-order chi connectivity index (χ1) is 15.8. The highest BCUT2D eigenvalue weighted by Gasteiger charge is 2.08. The van der Waals surface area contributed by atoms with Gasteiger partial charge in [-0.25, -0.2) is 0 Å². The van der Waals surface area contributed by atoms with Crippen LogP contribution in [0.25, 0.3) is 0 Å². The lowest BCUT2D eigenvalue weighted by Crippen LogP contribution is -2.20. The second-order valence-electron chi connectivity index (χ2n) is 10.4. The molecule has 0 aliphatic rings. The monoisotopic (exact) mass is 453 g/mol. The van der Waals surface area contributed by atoms with Crippen molar-refractivity contribution in [2.45, 2.75) is 168 Å². The third-order valence-corrected chi connectivity index (χ3v) is 7.19. The minimum absolute atomic E-state index is 0.265. The summed E-state index contributed by atoms with van der Waals surface area (Å²) in [6, 6.07) is 0. The Morgan fingerprint density at radius 3 is 1.16 bits per heavy atom. The second kappa shape index (κ2) is 29.0. The van der Waals surface area contributed by atoms with Crippen molar-refractivity contribution in [3.63, 3.8) is 0 Å². The highest BCUT2D eigenvalue weighted by atomic mass is 16.3. The molecule has 0 radical (unpaired) electrons. The maximum Gasteiger partial charge on any atom is 0.0555 e. The SMILES string of the molecule is CCCCCCCCCCCCC(CCCCCCCCCCCC)CCCNCCO. The average molecular weight is 454 g/mol. The molecule has 0 aromatic rings. The molecule has 0 aromatic heterocycles. The molecule has 32 heavy (non-hydrogen) atoms. The van der Waals surface area contributed by atoms with E-state index < -0.39 is 0 Å². The Morgan fingerprint density at radius 2 is 0.781 bits per heavy atom. The Hall–Kier alpha value is -0.0800. The van der Waals surface area contributed by atoms with E-state index in [-0.39, 0.29) is 6.61 Å². The highest BCUT2D eigenvalue weighted by Crippen LogP contribution is 2.23. The van der Waals surface area contributed by atoms with Gasteiger partial charge in [-0.1, -0.05) is 155 Å². The molecule has 0 fully saturated rings. The van der Waals surface area contributed by atoms with Gasteiger partial charge in [-0.15, -0.1) is 0 Å². The van der Waals surface area contributed by atoms with Crippen LogP contribution >= 0.6 is 0 Å². The Kier molecular flexibility index (Phi) is 28.9. The molecule has 0 aromatic carbocycles. The number of unbranched alkanes of at least 4 members (excludes halogenated alkanes) is 18. The lowest BCUT2D eigenvalue weighted by molar-refractivity contribution is 0.290. The van der Waals surface area contributed by atoms with Gasteiger partial charge in [0.25, 0.3) is 0 Å². The van der Waals surface area contributed by atoms with E-state index in [1.807, 2.05) is 0 Å². The van der Waals surface area contributed by atoms with Crippen LogP contribution in [0.1, 0.15) is 168 Å². The first kappa shape index (κ1) is 31.9. The van der Waals surface area contributed by atoms with Crippen LogP contribution in [0, 0.1) is 5.92 Å². The van der Waals surface area contributed by atoms with Crippen molar-refractivity contribution in [3.8, 4) is 0 Å². The van der Waals surface area contributed by atoms with E-state index in [1.54, 1.807) is 0 Å². The quantitative estimate of drug-likeness (QED) is 0.116. The number of nitrogens with one attached hydrogen (secondary N) is 1. The van der Waals surface area contributed by atoms with E-state index in [0.717, 1.165) is 19.0 Å². The molecule has 0 aliphatic carbocycles. The normalized spacial score (nSPS) is 11.6. The van der Waals surface area contributed by atoms with Crippen molar-refractivity contribution < 1.29 is 5.11 Å². The first-order valence-corrected chi connectivity index (χ1v) is 15.2. The van der Waals surface area contributed by atoms with Crippen molar-refractivity contribution in [2.24, 2.45) is 5.92 Å². The van der Waals surface area contributed by atoms with Gasteiger partial charge in [0.05, 0.1) is 6.61 Å². The minimum atomic E-state index is 0.265. The van der Waals surface area contributed by atoms with Gasteiger partial charge in [-0.05, 0) is 25.3 Å². The van der Waals surface area contributed by atoms with Gasteiger partial charge in [0.1, 0.15) is 0 Å². The molecule has 0 saturated carbocycles. The van der Waals surface area contributed by atoms with E-state index in [1.165, 1.54) is 154 Å². The molecule has 0 rings (SSSR count). The molecule has 2 nitrogen and oxygen atoms in total. The number of aliphatic hydroxyl groups is 1. The topological polar surface area (TPSA) is 32.3 Å². The van der Waals surface area contributed by atoms with Gasteiger partial charge in [0.15, 0.2) is 0 Å². The fourth-order valence-corrected chi connectivity index (χ4v) is 4.99. The van der Waals surface area contributed by atoms with Crippen LogP contribution in [0.15, 0.2) is 0 Å². The number of aliphatic hydroxyl groups excluding tert-OH is 1. The summed E-state index contributed by atoms with van der Waals surface area (Å²) in [4.78, 5) is 0. The summed E-state index contributed by atoms with van der Waals surface area (Å²) in [5, 5.41) is 12.3. The van der Waals surface area contributed by atoms with Crippen molar-refractivity contribution >= 4 is 0 Å². The van der Waals surface area contributed by atoms with Gasteiger partial charge in [-0.2, -0.15) is 0 Å². The molecule has 194 valence electrons. The van der Waals surface area contributed by atoms with Gasteiger partial charge in [-0.3, -0.25) is 0 Å². The van der Waals surface area contributed by atoms with E-state index in [2.05, 4.69) is 19.2 Å². The zero-order valence-electron chi connectivity index (χ0n) is 22.6. The number of hydrogen-bond donors (Lipinski definition) is 2. The summed E-state index contributed by atoms with van der Waals surface area (Å²) < 4.78 is 0. The Morgan fingerprint density at radius 1 is 0.438 bits per heavy atom. The standard InChI is InChI=1S/C30H63NO/c1-3-5-7-9-11-13-15-17-19-21-24-30(26-23-27-31-28-29-32)25-22-20-18-16-14-12-10-8-6-4-2/h30-32H,3-29H2,1-2H3. The molecular formula is C30H63NO. The third-order valence-electron chi connectivity index (χ3n) is 7.19. The van der Waals surface area contributed by atoms with Crippen LogP contribution in [0.2, 0.25) is 0 Å². The summed E-state index contributed by atoms with van der Waals surface area (Å²) in [7, 11) is 0. The van der Waals surface area contributed by atoms with Crippen molar-refractivity contribution in [1.29, 1.82) is 0 Å². The molecule has 0 unspecified atom stereocenters. The summed E-state index contributed by atoms with van der Waals surface area (Å²) in [6.07, 6.45) is 34.4. The molecule has 2 N–H and O–H groups in total. The van der Waals surface area contributed by atoms with Crippen LogP contribution in [0.3, 0.4) is 0 Å². The summed E-state index contributed by atoms with van der Waals surface area (Å²) >= 11 is 0. The number of hydrogen-bond acceptors (Lipinski definition) is 2. The molecule has 0 heterocycles. The fraction of sp³-hybridized carbons (Fsp3) is 1.00. The minimum Gasteiger partial charge on any atom is -0.395 e. The molecule has 0 amide bonds. The van der Waals surface area contributed by atoms with Crippen molar-refractivity contribution in [3.05, 3.63) is 0 Å². The molecule has 0 saturated heterocycles. The summed E-state index contributed by atoms with van der Waals surface area (Å²) in [5.74, 6) is 0.939. The van der Waals surface area contributed by atoms with Gasteiger partial charge >= 0.3 is 0 Å². The van der Waals surface area contributed by atoms with Crippen molar-refractivity contribution in [2.75, 3.05) is 19.7 Å². The highest BCUT2D eigenvalue weighted by molar-refractivity contribution is 4.63. The fourth-order valence-electron chi connectivity index (χ4n) is 4.99. The van der Waals surface area contributed by atoms with Crippen molar-refractivity contribution in [1.82, 2.24) is 5.32 Å². The maximum absolute atomic E-state index is 8.93. The van der Waals surface area contributed by atoms with Crippen LogP contribution in [-0.4, -0.2) is 24.8 Å². The van der Waals surface area contributed by atoms with Gasteiger partial charge < -0.3 is 10.4 Å². The Bertz CT molecular complexity index is 296. The molecule has 0 spiro atoms. The van der Waals surface area contributed by atoms with Crippen LogP contribution in [0.5, 0.6) is 0 Å². The van der Waals surface area contributed by atoms with Crippen LogP contribution in [0.4, 0.5) is 0 Å². The first-order valence-electron chi connectivity index (χ1n) is 15.2. The summed E-state index contributed by atoms with van der Waals surface area (Å²) in [5.41, 5.74) is 0. The van der Waals surface area contributed by atoms with E-state index in [0.29, 0.717) is 0 Å². The summed E-state index contributed by atoms with van der Waals surface area (Å²) in [6.45, 7) is 6.69. The lowest BCUT2D eigenvalue weighted by Gasteiger charge is -2.17. The largest absolute Gasteiger partial charge is 0.395 e. The molecular weight excluding hydrogens is 390 g/mol. The second-order valence-corrected chi connectivity index (χ2v) is 10.4. The molecule has 0 atom stereocenters. The predicted octanol–water partition coefficient (Wildman–Crippen LogP) is 9.59. The third kappa shape index (κ3) is 26.2. The zero-order chi connectivity index (χ0) is 23.4. The van der Waals surface area contributed by atoms with E-state index >= 15 is 0 Å². The Balaban J connectivity index is 3.74. The van der Waals surface area contributed by atoms with Crippen LogP contribution in [-0.2, 0) is 0 Å². The maximum atomic E-state index is 8.93. The van der Waals surface area contributed by atoms with Gasteiger partial charge in [0, 0.05) is 6.54 Å². The van der Waals surface area contributed by atoms with E-state index in [9.17, 15) is 0 Å². The molecule has 0 bridgehead atoms. The Labute approximate surface area is 204 Å². The van der Waals surface area contributed by atoms with E-state index in [4.69, 9.17) is 5.11 Å². The molecule has 2 heteroatoms. The zero-order valence-corrected chi connectivity index (χ0v) is 22.6. The average Bonchev–Trinajstić information content (AvgIpc) is 2.80. The molecule has 0 aliphatic heterocycles. The smallest absolute Gasteiger partial charge is 0.0555 e.